The van der Waals surface area contributed by atoms with E-state index < -0.39 is 4.92 Å². The number of rotatable bonds is 7. The van der Waals surface area contributed by atoms with E-state index in [-0.39, 0.29) is 18.3 Å². The molecule has 132 valence electrons. The number of amides is 2. The summed E-state index contributed by atoms with van der Waals surface area (Å²) < 4.78 is 6.08. The van der Waals surface area contributed by atoms with Crippen molar-refractivity contribution in [3.63, 3.8) is 0 Å². The molecule has 0 aromatic heterocycles. The van der Waals surface area contributed by atoms with Gasteiger partial charge in [0.1, 0.15) is 12.4 Å². The Hall–Kier alpha value is -2.61. The lowest BCUT2D eigenvalue weighted by Gasteiger charge is -2.10. The number of carbonyl (C=O) groups excluding carboxylic acids is 1. The van der Waals surface area contributed by atoms with Crippen molar-refractivity contribution < 1.29 is 14.5 Å². The molecule has 0 radical (unpaired) electrons. The quantitative estimate of drug-likeness (QED) is 0.522. The van der Waals surface area contributed by atoms with Crippen LogP contribution in [0.5, 0.6) is 5.75 Å². The number of hydrogen-bond acceptors (Lipinski definition) is 4. The third kappa shape index (κ3) is 5.75. The Kier molecular flexibility index (Phi) is 6.76. The van der Waals surface area contributed by atoms with Crippen LogP contribution >= 0.6 is 15.9 Å². The van der Waals surface area contributed by atoms with Crippen LogP contribution < -0.4 is 15.4 Å². The molecule has 0 aliphatic carbocycles. The predicted octanol–water partition coefficient (Wildman–Crippen LogP) is 4.47. The van der Waals surface area contributed by atoms with Crippen LogP contribution in [-0.2, 0) is 6.61 Å². The molecule has 2 amide bonds. The summed E-state index contributed by atoms with van der Waals surface area (Å²) in [5, 5.41) is 16.4. The number of urea groups is 1. The fourth-order valence-electron chi connectivity index (χ4n) is 2.03. The molecule has 0 unspecified atom stereocenters. The highest BCUT2D eigenvalue weighted by Gasteiger charge is 2.12. The fourth-order valence-corrected chi connectivity index (χ4v) is 2.42. The van der Waals surface area contributed by atoms with E-state index in [0.29, 0.717) is 28.0 Å². The van der Waals surface area contributed by atoms with E-state index in [0.717, 1.165) is 6.42 Å². The summed E-state index contributed by atoms with van der Waals surface area (Å²) in [6.45, 7) is 2.76. The minimum absolute atomic E-state index is 0.0101. The largest absolute Gasteiger partial charge is 0.489 e. The third-order valence-electron chi connectivity index (χ3n) is 3.24. The summed E-state index contributed by atoms with van der Waals surface area (Å²) in [7, 11) is 0. The first kappa shape index (κ1) is 18.7. The Morgan fingerprint density at radius 1 is 1.28 bits per heavy atom. The molecule has 2 aromatic carbocycles. The van der Waals surface area contributed by atoms with Crippen molar-refractivity contribution in [1.29, 1.82) is 0 Å². The summed E-state index contributed by atoms with van der Waals surface area (Å²) in [4.78, 5) is 22.2. The summed E-state index contributed by atoms with van der Waals surface area (Å²) in [6.07, 6.45) is 0.857. The van der Waals surface area contributed by atoms with Gasteiger partial charge in [0.2, 0.25) is 0 Å². The molecule has 25 heavy (non-hydrogen) atoms. The normalized spacial score (nSPS) is 10.2. The van der Waals surface area contributed by atoms with E-state index in [1.165, 1.54) is 6.07 Å². The van der Waals surface area contributed by atoms with Crippen molar-refractivity contribution in [3.8, 4) is 5.75 Å². The standard InChI is InChI=1S/C17H18BrN3O4/c1-2-8-19-17(22)20-13-4-3-5-14(10-13)25-11-12-6-7-15(18)16(9-12)21(23)24/h3-7,9-10H,2,8,11H2,1H3,(H2,19,20,22). The van der Waals surface area contributed by atoms with Crippen LogP contribution in [0.4, 0.5) is 16.2 Å². The van der Waals surface area contributed by atoms with Gasteiger partial charge in [0.05, 0.1) is 9.40 Å². The molecule has 2 aromatic rings. The monoisotopic (exact) mass is 407 g/mol. The Morgan fingerprint density at radius 2 is 2.08 bits per heavy atom. The third-order valence-corrected chi connectivity index (χ3v) is 3.91. The lowest BCUT2D eigenvalue weighted by atomic mass is 10.2. The summed E-state index contributed by atoms with van der Waals surface area (Å²) >= 11 is 3.15. The zero-order valence-corrected chi connectivity index (χ0v) is 15.2. The van der Waals surface area contributed by atoms with Gasteiger partial charge in [-0.15, -0.1) is 0 Å². The predicted molar refractivity (Wildman–Crippen MR) is 98.9 cm³/mol. The molecule has 7 nitrogen and oxygen atoms in total. The lowest BCUT2D eigenvalue weighted by Crippen LogP contribution is -2.29. The highest BCUT2D eigenvalue weighted by atomic mass is 79.9. The number of benzene rings is 2. The first-order valence-electron chi connectivity index (χ1n) is 7.70. The first-order valence-corrected chi connectivity index (χ1v) is 8.49. The van der Waals surface area contributed by atoms with Crippen LogP contribution in [0.2, 0.25) is 0 Å². The van der Waals surface area contributed by atoms with E-state index in [9.17, 15) is 14.9 Å². The Labute approximate surface area is 153 Å². The van der Waals surface area contributed by atoms with Gasteiger partial charge >= 0.3 is 6.03 Å². The van der Waals surface area contributed by atoms with E-state index in [1.54, 1.807) is 36.4 Å². The van der Waals surface area contributed by atoms with Gasteiger partial charge < -0.3 is 15.4 Å². The van der Waals surface area contributed by atoms with Gasteiger partial charge in [0, 0.05) is 24.4 Å². The van der Waals surface area contributed by atoms with E-state index in [1.807, 2.05) is 6.92 Å². The zero-order chi connectivity index (χ0) is 18.2. The number of nitrogens with one attached hydrogen (secondary N) is 2. The number of ether oxygens (including phenoxy) is 1. The van der Waals surface area contributed by atoms with Gasteiger partial charge in [0.15, 0.2) is 0 Å². The first-order chi connectivity index (χ1) is 12.0. The lowest BCUT2D eigenvalue weighted by molar-refractivity contribution is -0.385. The average molecular weight is 408 g/mol. The smallest absolute Gasteiger partial charge is 0.319 e. The molecule has 2 rings (SSSR count). The van der Waals surface area contributed by atoms with Crippen molar-refractivity contribution in [3.05, 3.63) is 62.6 Å². The Balaban J connectivity index is 1.99. The molecule has 0 atom stereocenters. The second-order valence-electron chi connectivity index (χ2n) is 5.24. The Morgan fingerprint density at radius 3 is 2.80 bits per heavy atom. The summed E-state index contributed by atoms with van der Waals surface area (Å²) in [5.41, 5.74) is 1.27. The van der Waals surface area contributed by atoms with Crippen molar-refractivity contribution in [2.24, 2.45) is 0 Å². The number of halogens is 1. The van der Waals surface area contributed by atoms with Gasteiger partial charge in [-0.25, -0.2) is 4.79 Å². The highest BCUT2D eigenvalue weighted by Crippen LogP contribution is 2.26. The van der Waals surface area contributed by atoms with Crippen LogP contribution in [0.25, 0.3) is 0 Å². The molecule has 2 N–H and O–H groups in total. The SMILES string of the molecule is CCCNC(=O)Nc1cccc(OCc2ccc(Br)c([N+](=O)[O-])c2)c1. The van der Waals surface area contributed by atoms with Crippen LogP contribution in [0.15, 0.2) is 46.9 Å². The minimum atomic E-state index is -0.451. The van der Waals surface area contributed by atoms with Gasteiger partial charge in [-0.1, -0.05) is 19.1 Å². The molecular weight excluding hydrogens is 390 g/mol. The van der Waals surface area contributed by atoms with E-state index >= 15 is 0 Å². The van der Waals surface area contributed by atoms with Gasteiger partial charge in [-0.05, 0) is 46.1 Å². The van der Waals surface area contributed by atoms with Crippen LogP contribution in [0.3, 0.4) is 0 Å². The molecule has 0 fully saturated rings. The van der Waals surface area contributed by atoms with Crippen molar-refractivity contribution in [1.82, 2.24) is 5.32 Å². The molecule has 0 aliphatic rings. The molecular formula is C17H18BrN3O4. The van der Waals surface area contributed by atoms with E-state index in [4.69, 9.17) is 4.74 Å². The second-order valence-corrected chi connectivity index (χ2v) is 6.09. The highest BCUT2D eigenvalue weighted by molar-refractivity contribution is 9.10. The molecule has 0 spiro atoms. The molecule has 8 heteroatoms. The topological polar surface area (TPSA) is 93.5 Å². The summed E-state index contributed by atoms with van der Waals surface area (Å²) in [6, 6.07) is 11.5. The van der Waals surface area contributed by atoms with Crippen molar-refractivity contribution in [2.45, 2.75) is 20.0 Å². The van der Waals surface area contributed by atoms with Gasteiger partial charge in [-0.2, -0.15) is 0 Å². The number of hydrogen-bond donors (Lipinski definition) is 2. The maximum Gasteiger partial charge on any atom is 0.319 e. The zero-order valence-electron chi connectivity index (χ0n) is 13.6. The second kappa shape index (κ2) is 9.03. The van der Waals surface area contributed by atoms with Gasteiger partial charge in [0.25, 0.3) is 5.69 Å². The molecule has 0 heterocycles. The van der Waals surface area contributed by atoms with Gasteiger partial charge in [-0.3, -0.25) is 10.1 Å². The maximum absolute atomic E-state index is 11.7. The number of carbonyl (C=O) groups is 1. The number of nitro benzene ring substituents is 1. The maximum atomic E-state index is 11.7. The summed E-state index contributed by atoms with van der Waals surface area (Å²) in [5.74, 6) is 0.555. The molecule has 0 saturated heterocycles. The minimum Gasteiger partial charge on any atom is -0.489 e. The van der Waals surface area contributed by atoms with E-state index in [2.05, 4.69) is 26.6 Å². The van der Waals surface area contributed by atoms with Crippen molar-refractivity contribution >= 4 is 33.3 Å². The van der Waals surface area contributed by atoms with Crippen LogP contribution in [0.1, 0.15) is 18.9 Å². The number of nitrogens with zero attached hydrogens (tertiary/aromatic N) is 1. The fraction of sp³-hybridized carbons (Fsp3) is 0.235. The number of nitro groups is 1. The van der Waals surface area contributed by atoms with Crippen molar-refractivity contribution in [2.75, 3.05) is 11.9 Å². The Bertz CT molecular complexity index is 767. The molecule has 0 saturated carbocycles. The number of anilines is 1. The average Bonchev–Trinajstić information content (AvgIpc) is 2.59. The molecule has 0 bridgehead atoms. The van der Waals surface area contributed by atoms with Crippen LogP contribution in [-0.4, -0.2) is 17.5 Å². The molecule has 0 aliphatic heterocycles. The van der Waals surface area contributed by atoms with Crippen LogP contribution in [0, 0.1) is 10.1 Å².